The summed E-state index contributed by atoms with van der Waals surface area (Å²) < 4.78 is 0. The topological polar surface area (TPSA) is 78.4 Å². The summed E-state index contributed by atoms with van der Waals surface area (Å²) in [6.45, 7) is -0.0653. The zero-order valence-electron chi connectivity index (χ0n) is 11.7. The molecule has 1 aromatic rings. The summed E-state index contributed by atoms with van der Waals surface area (Å²) in [6, 6.07) is 4.40. The molecule has 22 heavy (non-hydrogen) atoms. The van der Waals surface area contributed by atoms with Crippen LogP contribution in [-0.2, 0) is 4.79 Å². The van der Waals surface area contributed by atoms with Crippen molar-refractivity contribution < 1.29 is 14.7 Å². The highest BCUT2D eigenvalue weighted by molar-refractivity contribution is 6.42. The number of rotatable bonds is 5. The van der Waals surface area contributed by atoms with Gasteiger partial charge in [-0.25, -0.2) is 0 Å². The van der Waals surface area contributed by atoms with Gasteiger partial charge in [-0.15, -0.1) is 0 Å². The third kappa shape index (κ3) is 4.47. The first-order chi connectivity index (χ1) is 10.5. The summed E-state index contributed by atoms with van der Waals surface area (Å²) >= 11 is 11.6. The zero-order chi connectivity index (χ0) is 16.1. The highest BCUT2D eigenvalue weighted by Gasteiger charge is 2.19. The Morgan fingerprint density at radius 2 is 2.00 bits per heavy atom. The predicted octanol–water partition coefficient (Wildman–Crippen LogP) is 1.78. The molecule has 1 aliphatic carbocycles. The van der Waals surface area contributed by atoms with Gasteiger partial charge in [0.1, 0.15) is 0 Å². The van der Waals surface area contributed by atoms with Crippen LogP contribution in [0.2, 0.25) is 10.0 Å². The maximum absolute atomic E-state index is 11.9. The average molecular weight is 343 g/mol. The lowest BCUT2D eigenvalue weighted by atomic mass is 10.1. The largest absolute Gasteiger partial charge is 0.396 e. The highest BCUT2D eigenvalue weighted by atomic mass is 35.5. The number of halogens is 2. The lowest BCUT2D eigenvalue weighted by Crippen LogP contribution is -2.41. The molecular weight excluding hydrogens is 327 g/mol. The average Bonchev–Trinajstić information content (AvgIpc) is 2.95. The van der Waals surface area contributed by atoms with E-state index in [2.05, 4.69) is 10.6 Å². The second-order valence-corrected chi connectivity index (χ2v) is 5.86. The van der Waals surface area contributed by atoms with Crippen LogP contribution in [-0.4, -0.2) is 36.1 Å². The lowest BCUT2D eigenvalue weighted by molar-refractivity contribution is -0.120. The zero-order valence-corrected chi connectivity index (χ0v) is 13.2. The van der Waals surface area contributed by atoms with Gasteiger partial charge in [0.2, 0.25) is 5.91 Å². The van der Waals surface area contributed by atoms with Gasteiger partial charge in [0.05, 0.1) is 16.6 Å². The number of hydrogen-bond acceptors (Lipinski definition) is 3. The number of amides is 2. The van der Waals surface area contributed by atoms with E-state index in [-0.39, 0.29) is 36.0 Å². The number of hydrogen-bond donors (Lipinski definition) is 3. The van der Waals surface area contributed by atoms with Gasteiger partial charge in [-0.05, 0) is 24.6 Å². The van der Waals surface area contributed by atoms with E-state index in [4.69, 9.17) is 28.3 Å². The van der Waals surface area contributed by atoms with Crippen LogP contribution in [0.25, 0.3) is 0 Å². The molecule has 0 unspecified atom stereocenters. The molecule has 2 rings (SSSR count). The third-order valence-electron chi connectivity index (χ3n) is 3.34. The van der Waals surface area contributed by atoms with Gasteiger partial charge in [-0.2, -0.15) is 0 Å². The monoisotopic (exact) mass is 342 g/mol. The van der Waals surface area contributed by atoms with E-state index in [1.54, 1.807) is 0 Å². The van der Waals surface area contributed by atoms with Gasteiger partial charge in [0.25, 0.3) is 5.91 Å². The molecule has 118 valence electrons. The van der Waals surface area contributed by atoms with Gasteiger partial charge < -0.3 is 15.7 Å². The molecule has 0 heterocycles. The molecular formula is C15H16Cl2N2O3. The van der Waals surface area contributed by atoms with Crippen molar-refractivity contribution in [3.63, 3.8) is 0 Å². The van der Waals surface area contributed by atoms with E-state index < -0.39 is 5.91 Å². The molecule has 5 nitrogen and oxygen atoms in total. The Hall–Kier alpha value is -1.56. The molecule has 0 spiro atoms. The van der Waals surface area contributed by atoms with Crippen LogP contribution in [0.15, 0.2) is 30.4 Å². The first kappa shape index (κ1) is 16.8. The summed E-state index contributed by atoms with van der Waals surface area (Å²) in [5.41, 5.74) is 0.336. The first-order valence-electron chi connectivity index (χ1n) is 6.81. The molecule has 1 aliphatic rings. The number of carbonyl (C=O) groups excluding carboxylic acids is 2. The number of benzene rings is 1. The van der Waals surface area contributed by atoms with Crippen LogP contribution < -0.4 is 10.6 Å². The van der Waals surface area contributed by atoms with Crippen molar-refractivity contribution in [2.24, 2.45) is 5.92 Å². The minimum Gasteiger partial charge on any atom is -0.396 e. The smallest absolute Gasteiger partial charge is 0.251 e. The van der Waals surface area contributed by atoms with Gasteiger partial charge in [0, 0.05) is 24.1 Å². The Balaban J connectivity index is 1.79. The van der Waals surface area contributed by atoms with Crippen molar-refractivity contribution in [3.05, 3.63) is 46.0 Å². The number of aliphatic hydroxyl groups is 1. The van der Waals surface area contributed by atoms with Crippen molar-refractivity contribution in [2.75, 3.05) is 13.2 Å². The molecule has 0 saturated carbocycles. The van der Waals surface area contributed by atoms with Gasteiger partial charge >= 0.3 is 0 Å². The van der Waals surface area contributed by atoms with E-state index >= 15 is 0 Å². The van der Waals surface area contributed by atoms with E-state index in [1.807, 2.05) is 12.2 Å². The van der Waals surface area contributed by atoms with Crippen molar-refractivity contribution >= 4 is 35.0 Å². The van der Waals surface area contributed by atoms with Crippen molar-refractivity contribution in [2.45, 2.75) is 12.5 Å². The first-order valence-corrected chi connectivity index (χ1v) is 7.57. The fourth-order valence-corrected chi connectivity index (χ4v) is 2.47. The SMILES string of the molecule is O=C(CNC(=O)c1ccc(Cl)c(Cl)c1)N[C@@H]1C=C[C@H](CO)C1. The van der Waals surface area contributed by atoms with Crippen LogP contribution in [0.1, 0.15) is 16.8 Å². The van der Waals surface area contributed by atoms with Crippen molar-refractivity contribution in [1.29, 1.82) is 0 Å². The van der Waals surface area contributed by atoms with Crippen molar-refractivity contribution in [1.82, 2.24) is 10.6 Å². The van der Waals surface area contributed by atoms with Crippen LogP contribution in [0.5, 0.6) is 0 Å². The standard InChI is InChI=1S/C15H16Cl2N2O3/c16-12-4-2-10(6-13(12)17)15(22)18-7-14(21)19-11-3-1-9(5-11)8-20/h1-4,6,9,11,20H,5,7-8H2,(H,18,22)(H,19,21)/t9-,11+/m0/s1. The fraction of sp³-hybridized carbons (Fsp3) is 0.333. The summed E-state index contributed by atoms with van der Waals surface area (Å²) in [4.78, 5) is 23.7. The molecule has 2 atom stereocenters. The van der Waals surface area contributed by atoms with E-state index in [0.717, 1.165) is 0 Å². The van der Waals surface area contributed by atoms with Crippen LogP contribution in [0, 0.1) is 5.92 Å². The van der Waals surface area contributed by atoms with Gasteiger partial charge in [-0.1, -0.05) is 35.4 Å². The molecule has 0 aliphatic heterocycles. The molecule has 0 aromatic heterocycles. The Labute approximate surface area is 138 Å². The molecule has 0 saturated heterocycles. The second kappa shape index (κ2) is 7.63. The molecule has 1 aromatic carbocycles. The van der Waals surface area contributed by atoms with Crippen molar-refractivity contribution in [3.8, 4) is 0 Å². The maximum atomic E-state index is 11.9. The minimum atomic E-state index is -0.399. The molecule has 2 amide bonds. The fourth-order valence-electron chi connectivity index (χ4n) is 2.17. The summed E-state index contributed by atoms with van der Waals surface area (Å²) in [7, 11) is 0. The van der Waals surface area contributed by atoms with E-state index in [0.29, 0.717) is 17.0 Å². The molecule has 7 heteroatoms. The number of aliphatic hydroxyl groups excluding tert-OH is 1. The molecule has 0 fully saturated rings. The number of carbonyl (C=O) groups is 2. The number of nitrogens with one attached hydrogen (secondary N) is 2. The highest BCUT2D eigenvalue weighted by Crippen LogP contribution is 2.22. The van der Waals surface area contributed by atoms with E-state index in [9.17, 15) is 9.59 Å². The van der Waals surface area contributed by atoms with Gasteiger partial charge in [0.15, 0.2) is 0 Å². The Kier molecular flexibility index (Phi) is 5.83. The molecule has 0 bridgehead atoms. The third-order valence-corrected chi connectivity index (χ3v) is 4.08. The lowest BCUT2D eigenvalue weighted by Gasteiger charge is -2.13. The predicted molar refractivity (Wildman–Crippen MR) is 85.1 cm³/mol. The summed E-state index contributed by atoms with van der Waals surface area (Å²) in [5, 5.41) is 15.0. The van der Waals surface area contributed by atoms with Gasteiger partial charge in [-0.3, -0.25) is 9.59 Å². The maximum Gasteiger partial charge on any atom is 0.251 e. The summed E-state index contributed by atoms with van der Waals surface area (Å²) in [5.74, 6) is -0.610. The molecule has 0 radical (unpaired) electrons. The second-order valence-electron chi connectivity index (χ2n) is 5.05. The van der Waals surface area contributed by atoms with Crippen LogP contribution in [0.4, 0.5) is 0 Å². The Morgan fingerprint density at radius 1 is 1.23 bits per heavy atom. The molecule has 3 N–H and O–H groups in total. The minimum absolute atomic E-state index is 0.0664. The Bertz CT molecular complexity index is 604. The van der Waals surface area contributed by atoms with E-state index in [1.165, 1.54) is 18.2 Å². The normalized spacial score (nSPS) is 20.0. The Morgan fingerprint density at radius 3 is 2.64 bits per heavy atom. The quantitative estimate of drug-likeness (QED) is 0.713. The summed E-state index contributed by atoms with van der Waals surface area (Å²) in [6.07, 6.45) is 4.39. The van der Waals surface area contributed by atoms with Crippen LogP contribution >= 0.6 is 23.2 Å². The van der Waals surface area contributed by atoms with Crippen LogP contribution in [0.3, 0.4) is 0 Å².